The van der Waals surface area contributed by atoms with E-state index in [0.717, 1.165) is 51.4 Å². The Morgan fingerprint density at radius 2 is 1.33 bits per heavy atom. The lowest BCUT2D eigenvalue weighted by molar-refractivity contribution is -0.143. The number of hydrogen-bond donors (Lipinski definition) is 0. The second kappa shape index (κ2) is 11.4. The molecular weight excluding hydrogens is 236 g/mol. The van der Waals surface area contributed by atoms with Crippen molar-refractivity contribution in [1.82, 2.24) is 4.90 Å². The fourth-order valence-corrected chi connectivity index (χ4v) is 1.93. The van der Waals surface area contributed by atoms with E-state index in [1.54, 1.807) is 0 Å². The van der Waals surface area contributed by atoms with Gasteiger partial charge in [-0.25, -0.2) is 0 Å². The molecule has 1 amide bonds. The zero-order valence-corrected chi connectivity index (χ0v) is 11.8. The molecule has 0 fully saturated rings. The number of carbonyl (C=O) groups excluding carboxylic acids is 1. The molecule has 0 aromatic rings. The molecule has 0 aromatic carbocycles. The highest BCUT2D eigenvalue weighted by atomic mass is 19.3. The first-order valence-electron chi connectivity index (χ1n) is 7.20. The summed E-state index contributed by atoms with van der Waals surface area (Å²) < 4.78 is 24.9. The molecule has 0 saturated carbocycles. The third-order valence-electron chi connectivity index (χ3n) is 3.06. The maximum atomic E-state index is 12.4. The van der Waals surface area contributed by atoms with E-state index < -0.39 is 12.3 Å². The van der Waals surface area contributed by atoms with Gasteiger partial charge in [-0.3, -0.25) is 4.79 Å². The Bertz CT molecular complexity index is 198. The molecule has 0 spiro atoms. The first-order valence-corrected chi connectivity index (χ1v) is 7.20. The Balaban J connectivity index is 3.96. The number of halogens is 2. The highest BCUT2D eigenvalue weighted by molar-refractivity contribution is 5.79. The van der Waals surface area contributed by atoms with E-state index in [-0.39, 0.29) is 0 Å². The second-order valence-electron chi connectivity index (χ2n) is 4.75. The zero-order chi connectivity index (χ0) is 13.8. The molecule has 4 heteroatoms. The van der Waals surface area contributed by atoms with Crippen molar-refractivity contribution in [3.63, 3.8) is 0 Å². The molecule has 0 N–H and O–H groups in total. The maximum Gasteiger partial charge on any atom is 0.315 e. The summed E-state index contributed by atoms with van der Waals surface area (Å²) in [5.41, 5.74) is 0. The highest BCUT2D eigenvalue weighted by Crippen LogP contribution is 2.08. The molecule has 0 aliphatic rings. The molecule has 108 valence electrons. The van der Waals surface area contributed by atoms with Crippen LogP contribution in [-0.2, 0) is 4.79 Å². The molecule has 0 bridgehead atoms. The molecule has 0 aromatic heterocycles. The van der Waals surface area contributed by atoms with Crippen LogP contribution in [0, 0.1) is 0 Å². The van der Waals surface area contributed by atoms with Gasteiger partial charge >= 0.3 is 6.43 Å². The number of amides is 1. The van der Waals surface area contributed by atoms with Crippen LogP contribution in [0.5, 0.6) is 0 Å². The van der Waals surface area contributed by atoms with Gasteiger partial charge in [0.1, 0.15) is 0 Å². The number of nitrogens with zero attached hydrogens (tertiary/aromatic N) is 1. The summed E-state index contributed by atoms with van der Waals surface area (Å²) in [6.45, 7) is 5.17. The van der Waals surface area contributed by atoms with Crippen LogP contribution in [0.2, 0.25) is 0 Å². The molecule has 2 nitrogen and oxygen atoms in total. The SMILES string of the molecule is CCCCCCN(CCCCCC)C(=O)C(F)F. The Labute approximate surface area is 110 Å². The Morgan fingerprint density at radius 3 is 1.67 bits per heavy atom. The third kappa shape index (κ3) is 8.43. The van der Waals surface area contributed by atoms with Crippen molar-refractivity contribution in [2.75, 3.05) is 13.1 Å². The Hall–Kier alpha value is -0.670. The molecule has 0 unspecified atom stereocenters. The molecular formula is C14H27F2NO. The van der Waals surface area contributed by atoms with E-state index >= 15 is 0 Å². The summed E-state index contributed by atoms with van der Waals surface area (Å²) in [6, 6.07) is 0. The molecule has 18 heavy (non-hydrogen) atoms. The fraction of sp³-hybridized carbons (Fsp3) is 0.929. The number of unbranched alkanes of at least 4 members (excludes halogenated alkanes) is 6. The van der Waals surface area contributed by atoms with E-state index in [1.165, 1.54) is 4.90 Å². The van der Waals surface area contributed by atoms with Gasteiger partial charge in [0.25, 0.3) is 5.91 Å². The predicted molar refractivity (Wildman–Crippen MR) is 70.9 cm³/mol. The average Bonchev–Trinajstić information content (AvgIpc) is 2.36. The molecule has 0 rings (SSSR count). The monoisotopic (exact) mass is 263 g/mol. The smallest absolute Gasteiger partial charge is 0.315 e. The minimum absolute atomic E-state index is 0.481. The summed E-state index contributed by atoms with van der Waals surface area (Å²) in [5.74, 6) is -0.997. The van der Waals surface area contributed by atoms with E-state index in [0.29, 0.717) is 13.1 Å². The quantitative estimate of drug-likeness (QED) is 0.510. The molecule has 0 saturated heterocycles. The largest absolute Gasteiger partial charge is 0.338 e. The second-order valence-corrected chi connectivity index (χ2v) is 4.75. The van der Waals surface area contributed by atoms with Crippen LogP contribution in [0.15, 0.2) is 0 Å². The van der Waals surface area contributed by atoms with Crippen molar-refractivity contribution in [2.45, 2.75) is 71.6 Å². The van der Waals surface area contributed by atoms with Crippen molar-refractivity contribution >= 4 is 5.91 Å². The van der Waals surface area contributed by atoms with Crippen LogP contribution in [0.25, 0.3) is 0 Å². The van der Waals surface area contributed by atoms with Gasteiger partial charge in [-0.2, -0.15) is 8.78 Å². The number of hydrogen-bond acceptors (Lipinski definition) is 1. The summed E-state index contributed by atoms with van der Waals surface area (Å²) in [4.78, 5) is 12.7. The lowest BCUT2D eigenvalue weighted by Crippen LogP contribution is -2.37. The standard InChI is InChI=1S/C14H27F2NO/c1-3-5-7-9-11-17(14(18)13(15)16)12-10-8-6-4-2/h13H,3-12H2,1-2H3. The predicted octanol–water partition coefficient (Wildman–Crippen LogP) is 4.24. The number of rotatable bonds is 11. The molecule has 0 radical (unpaired) electrons. The first kappa shape index (κ1) is 17.3. The summed E-state index contributed by atoms with van der Waals surface area (Å²) in [7, 11) is 0. The van der Waals surface area contributed by atoms with Crippen LogP contribution in [-0.4, -0.2) is 30.3 Å². The minimum Gasteiger partial charge on any atom is -0.338 e. The van der Waals surface area contributed by atoms with Crippen LogP contribution >= 0.6 is 0 Å². The molecule has 0 atom stereocenters. The van der Waals surface area contributed by atoms with Gasteiger partial charge in [0.05, 0.1) is 0 Å². The zero-order valence-electron chi connectivity index (χ0n) is 11.8. The van der Waals surface area contributed by atoms with Crippen LogP contribution in [0.3, 0.4) is 0 Å². The van der Waals surface area contributed by atoms with Crippen molar-refractivity contribution < 1.29 is 13.6 Å². The van der Waals surface area contributed by atoms with Crippen LogP contribution < -0.4 is 0 Å². The van der Waals surface area contributed by atoms with Gasteiger partial charge in [-0.05, 0) is 12.8 Å². The van der Waals surface area contributed by atoms with Gasteiger partial charge in [-0.1, -0.05) is 52.4 Å². The van der Waals surface area contributed by atoms with Crippen molar-refractivity contribution in [2.24, 2.45) is 0 Å². The van der Waals surface area contributed by atoms with Crippen molar-refractivity contribution in [3.05, 3.63) is 0 Å². The maximum absolute atomic E-state index is 12.4. The average molecular weight is 263 g/mol. The first-order chi connectivity index (χ1) is 8.63. The molecule has 0 aliphatic carbocycles. The van der Waals surface area contributed by atoms with Gasteiger partial charge < -0.3 is 4.90 Å². The van der Waals surface area contributed by atoms with E-state index in [4.69, 9.17) is 0 Å². The van der Waals surface area contributed by atoms with Gasteiger partial charge in [0, 0.05) is 13.1 Å². The normalized spacial score (nSPS) is 10.9. The topological polar surface area (TPSA) is 20.3 Å². The van der Waals surface area contributed by atoms with E-state index in [2.05, 4.69) is 13.8 Å². The Kier molecular flexibility index (Phi) is 11.0. The van der Waals surface area contributed by atoms with Crippen molar-refractivity contribution in [3.8, 4) is 0 Å². The van der Waals surface area contributed by atoms with Gasteiger partial charge in [0.2, 0.25) is 0 Å². The van der Waals surface area contributed by atoms with Gasteiger partial charge in [-0.15, -0.1) is 0 Å². The summed E-state index contributed by atoms with van der Waals surface area (Å²) >= 11 is 0. The summed E-state index contributed by atoms with van der Waals surface area (Å²) in [5, 5.41) is 0. The van der Waals surface area contributed by atoms with Crippen LogP contribution in [0.1, 0.15) is 65.2 Å². The van der Waals surface area contributed by atoms with E-state index in [1.807, 2.05) is 0 Å². The lowest BCUT2D eigenvalue weighted by atomic mass is 10.1. The van der Waals surface area contributed by atoms with E-state index in [9.17, 15) is 13.6 Å². The lowest BCUT2D eigenvalue weighted by Gasteiger charge is -2.22. The third-order valence-corrected chi connectivity index (χ3v) is 3.06. The van der Waals surface area contributed by atoms with Crippen LogP contribution in [0.4, 0.5) is 8.78 Å². The van der Waals surface area contributed by atoms with Gasteiger partial charge in [0.15, 0.2) is 0 Å². The highest BCUT2D eigenvalue weighted by Gasteiger charge is 2.22. The minimum atomic E-state index is -2.86. The number of carbonyl (C=O) groups is 1. The fourth-order valence-electron chi connectivity index (χ4n) is 1.93. The molecule has 0 aliphatic heterocycles. The Morgan fingerprint density at radius 1 is 0.889 bits per heavy atom. The van der Waals surface area contributed by atoms with Crippen molar-refractivity contribution in [1.29, 1.82) is 0 Å². The summed E-state index contributed by atoms with van der Waals surface area (Å²) in [6.07, 6.45) is 5.26. The molecule has 0 heterocycles. The number of alkyl halides is 2.